The van der Waals surface area contributed by atoms with Gasteiger partial charge >= 0.3 is 5.97 Å². The van der Waals surface area contributed by atoms with E-state index in [0.717, 1.165) is 10.4 Å². The van der Waals surface area contributed by atoms with Crippen LogP contribution in [-0.2, 0) is 16.0 Å². The smallest absolute Gasteiger partial charge is 0.376 e. The van der Waals surface area contributed by atoms with Gasteiger partial charge in [-0.2, -0.15) is 0 Å². The molecule has 23 heavy (non-hydrogen) atoms. The van der Waals surface area contributed by atoms with Crippen molar-refractivity contribution in [2.24, 2.45) is 0 Å². The van der Waals surface area contributed by atoms with Crippen LogP contribution in [0.3, 0.4) is 0 Å². The summed E-state index contributed by atoms with van der Waals surface area (Å²) in [5.41, 5.74) is 1.99. The van der Waals surface area contributed by atoms with Gasteiger partial charge < -0.3 is 10.2 Å². The molecule has 0 aliphatic rings. The second-order valence-corrected chi connectivity index (χ2v) is 5.89. The zero-order valence-corrected chi connectivity index (χ0v) is 13.1. The Morgan fingerprint density at radius 2 is 1.74 bits per heavy atom. The summed E-state index contributed by atoms with van der Waals surface area (Å²) in [6, 6.07) is 8.74. The first-order valence-corrected chi connectivity index (χ1v) is 7.61. The first kappa shape index (κ1) is 16.6. The van der Waals surface area contributed by atoms with E-state index >= 15 is 0 Å². The number of rotatable bonds is 6. The molecule has 2 N–H and O–H groups in total. The third kappa shape index (κ3) is 4.14. The first-order chi connectivity index (χ1) is 10.9. The third-order valence-corrected chi connectivity index (χ3v) is 4.15. The molecule has 0 saturated heterocycles. The van der Waals surface area contributed by atoms with Crippen LogP contribution in [0.5, 0.6) is 0 Å². The summed E-state index contributed by atoms with van der Waals surface area (Å²) in [6.45, 7) is 1.49. The van der Waals surface area contributed by atoms with E-state index < -0.39 is 11.8 Å². The van der Waals surface area contributed by atoms with E-state index in [1.165, 1.54) is 18.3 Å². The van der Waals surface area contributed by atoms with Gasteiger partial charge in [-0.05, 0) is 23.9 Å². The molecule has 0 unspecified atom stereocenters. The molecule has 0 amide bonds. The Bertz CT molecular complexity index is 784. The number of benzene rings is 1. The van der Waals surface area contributed by atoms with E-state index in [1.54, 1.807) is 23.6 Å². The summed E-state index contributed by atoms with van der Waals surface area (Å²) < 4.78 is 0. The minimum Gasteiger partial charge on any atom is -0.507 e. The summed E-state index contributed by atoms with van der Waals surface area (Å²) in [5, 5.41) is 20.3. The minimum atomic E-state index is -1.62. The Balaban J connectivity index is 2.22. The summed E-state index contributed by atoms with van der Waals surface area (Å²) in [6.07, 6.45) is 1.21. The van der Waals surface area contributed by atoms with Crippen molar-refractivity contribution < 1.29 is 24.6 Å². The van der Waals surface area contributed by atoms with Crippen LogP contribution in [0.25, 0.3) is 5.76 Å². The van der Waals surface area contributed by atoms with Crippen molar-refractivity contribution >= 4 is 34.6 Å². The fraction of sp³-hybridized carbons (Fsp3) is 0.118. The maximum Gasteiger partial charge on any atom is 0.376 e. The molecule has 0 radical (unpaired) electrons. The van der Waals surface area contributed by atoms with E-state index in [0.29, 0.717) is 23.6 Å². The van der Waals surface area contributed by atoms with Crippen LogP contribution >= 0.6 is 11.3 Å². The van der Waals surface area contributed by atoms with Gasteiger partial charge in [0.15, 0.2) is 5.78 Å². The second kappa shape index (κ2) is 7.02. The van der Waals surface area contributed by atoms with Crippen molar-refractivity contribution in [3.05, 3.63) is 63.4 Å². The lowest BCUT2D eigenvalue weighted by atomic mass is 10.0. The van der Waals surface area contributed by atoms with Gasteiger partial charge in [-0.25, -0.2) is 4.79 Å². The number of thiophene rings is 1. The number of carboxylic acids is 1. The van der Waals surface area contributed by atoms with Crippen LogP contribution in [0.1, 0.15) is 33.3 Å². The van der Waals surface area contributed by atoms with Crippen molar-refractivity contribution in [3.8, 4) is 0 Å². The average molecular weight is 330 g/mol. The van der Waals surface area contributed by atoms with Gasteiger partial charge in [0.05, 0.1) is 0 Å². The molecule has 2 aromatic rings. The highest BCUT2D eigenvalue weighted by Crippen LogP contribution is 2.26. The highest BCUT2D eigenvalue weighted by Gasteiger charge is 2.14. The molecule has 6 heteroatoms. The molecule has 1 heterocycles. The molecule has 1 aromatic carbocycles. The largest absolute Gasteiger partial charge is 0.507 e. The van der Waals surface area contributed by atoms with Crippen molar-refractivity contribution in [2.75, 3.05) is 0 Å². The Morgan fingerprint density at radius 3 is 2.30 bits per heavy atom. The summed E-state index contributed by atoms with van der Waals surface area (Å²) in [5.74, 6) is -3.17. The first-order valence-electron chi connectivity index (χ1n) is 6.73. The van der Waals surface area contributed by atoms with E-state index in [-0.39, 0.29) is 11.5 Å². The molecular weight excluding hydrogens is 316 g/mol. The standard InChI is InChI=1S/C17H14O5S/c1-10(18)12-4-2-11(3-5-12)8-16-13(6-7-23-16)14(19)9-15(20)17(21)22/h2-7,9,19H,8H2,1H3,(H,21,22). The molecule has 0 saturated carbocycles. The number of carbonyl (C=O) groups is 3. The SMILES string of the molecule is CC(=O)c1ccc(Cc2sccc2C(O)=CC(=O)C(=O)O)cc1. The highest BCUT2D eigenvalue weighted by molar-refractivity contribution is 7.10. The second-order valence-electron chi connectivity index (χ2n) is 4.89. The molecular formula is C17H14O5S. The van der Waals surface area contributed by atoms with Crippen LogP contribution in [0.2, 0.25) is 0 Å². The number of hydrogen-bond donors (Lipinski definition) is 2. The number of Topliss-reactive ketones (excluding diaryl/α,β-unsaturated/α-hetero) is 1. The van der Waals surface area contributed by atoms with Crippen molar-refractivity contribution in [3.63, 3.8) is 0 Å². The van der Waals surface area contributed by atoms with Crippen LogP contribution in [0, 0.1) is 0 Å². The lowest BCUT2D eigenvalue weighted by molar-refractivity contribution is -0.146. The van der Waals surface area contributed by atoms with Gasteiger partial charge in [0.2, 0.25) is 0 Å². The number of ketones is 2. The van der Waals surface area contributed by atoms with Gasteiger partial charge in [0, 0.05) is 28.5 Å². The van der Waals surface area contributed by atoms with Crippen LogP contribution in [-0.4, -0.2) is 27.7 Å². The maximum absolute atomic E-state index is 11.3. The van der Waals surface area contributed by atoms with Gasteiger partial charge in [0.1, 0.15) is 5.76 Å². The fourth-order valence-corrected chi connectivity index (χ4v) is 2.93. The topological polar surface area (TPSA) is 91.7 Å². The monoisotopic (exact) mass is 330 g/mol. The number of carbonyl (C=O) groups excluding carboxylic acids is 2. The third-order valence-electron chi connectivity index (χ3n) is 3.23. The molecule has 0 aliphatic carbocycles. The van der Waals surface area contributed by atoms with E-state index in [4.69, 9.17) is 5.11 Å². The molecule has 0 spiro atoms. The zero-order valence-electron chi connectivity index (χ0n) is 12.3. The molecule has 0 bridgehead atoms. The zero-order chi connectivity index (χ0) is 17.0. The summed E-state index contributed by atoms with van der Waals surface area (Å²) >= 11 is 1.39. The normalized spacial score (nSPS) is 11.3. The quantitative estimate of drug-likeness (QED) is 0.367. The van der Waals surface area contributed by atoms with E-state index in [1.807, 2.05) is 12.1 Å². The molecule has 0 atom stereocenters. The molecule has 0 fully saturated rings. The number of aliphatic hydroxyl groups excluding tert-OH is 1. The maximum atomic E-state index is 11.3. The Hall–Kier alpha value is -2.73. The van der Waals surface area contributed by atoms with E-state index in [2.05, 4.69) is 0 Å². The van der Waals surface area contributed by atoms with Crippen molar-refractivity contribution in [1.29, 1.82) is 0 Å². The molecule has 5 nitrogen and oxygen atoms in total. The Morgan fingerprint density at radius 1 is 1.09 bits per heavy atom. The van der Waals surface area contributed by atoms with Gasteiger partial charge in [-0.3, -0.25) is 9.59 Å². The van der Waals surface area contributed by atoms with Crippen molar-refractivity contribution in [2.45, 2.75) is 13.3 Å². The van der Waals surface area contributed by atoms with Gasteiger partial charge in [-0.1, -0.05) is 24.3 Å². The van der Waals surface area contributed by atoms with Crippen LogP contribution in [0.15, 0.2) is 41.8 Å². The van der Waals surface area contributed by atoms with Gasteiger partial charge in [-0.15, -0.1) is 11.3 Å². The lowest BCUT2D eigenvalue weighted by Gasteiger charge is -2.04. The Labute approximate surface area is 136 Å². The van der Waals surface area contributed by atoms with Crippen LogP contribution in [0.4, 0.5) is 0 Å². The number of carboxylic acid groups (broad SMARTS) is 1. The number of hydrogen-bond acceptors (Lipinski definition) is 5. The fourth-order valence-electron chi connectivity index (χ4n) is 2.01. The molecule has 118 valence electrons. The van der Waals surface area contributed by atoms with Crippen molar-refractivity contribution in [1.82, 2.24) is 0 Å². The minimum absolute atomic E-state index is 0.0128. The molecule has 1 aromatic heterocycles. The van der Waals surface area contributed by atoms with Crippen LogP contribution < -0.4 is 0 Å². The predicted molar refractivity (Wildman–Crippen MR) is 86.8 cm³/mol. The van der Waals surface area contributed by atoms with E-state index in [9.17, 15) is 19.5 Å². The highest BCUT2D eigenvalue weighted by atomic mass is 32.1. The number of aliphatic carboxylic acids is 1. The lowest BCUT2D eigenvalue weighted by Crippen LogP contribution is -2.09. The number of aliphatic hydroxyl groups is 1. The summed E-state index contributed by atoms with van der Waals surface area (Å²) in [7, 11) is 0. The summed E-state index contributed by atoms with van der Waals surface area (Å²) in [4.78, 5) is 33.7. The molecule has 0 aliphatic heterocycles. The average Bonchev–Trinajstić information content (AvgIpc) is 2.95. The Kier molecular flexibility index (Phi) is 5.08. The predicted octanol–water partition coefficient (Wildman–Crippen LogP) is 3.09. The molecule has 2 rings (SSSR count). The van der Waals surface area contributed by atoms with Gasteiger partial charge in [0.25, 0.3) is 5.78 Å².